The van der Waals surface area contributed by atoms with Crippen LogP contribution >= 0.6 is 11.8 Å². The van der Waals surface area contributed by atoms with Gasteiger partial charge in [-0.3, -0.25) is 4.68 Å². The van der Waals surface area contributed by atoms with Crippen molar-refractivity contribution in [2.45, 2.75) is 11.3 Å². The van der Waals surface area contributed by atoms with E-state index in [2.05, 4.69) is 5.10 Å². The van der Waals surface area contributed by atoms with Crippen LogP contribution in [0.15, 0.2) is 35.4 Å². The van der Waals surface area contributed by atoms with E-state index in [1.165, 1.54) is 18.9 Å². The minimum absolute atomic E-state index is 0.329. The van der Waals surface area contributed by atoms with Crippen LogP contribution in [-0.4, -0.2) is 34.9 Å². The number of aromatic nitrogens is 2. The van der Waals surface area contributed by atoms with Crippen LogP contribution in [-0.2, 0) is 23.0 Å². The molecule has 1 aromatic carbocycles. The molecule has 5 nitrogen and oxygen atoms in total. The molecule has 6 heteroatoms. The number of esters is 1. The number of hydrogen-bond acceptors (Lipinski definition) is 5. The molecule has 2 aromatic rings. The number of thioether (sulfide) groups is 1. The number of benzene rings is 1. The van der Waals surface area contributed by atoms with Crippen LogP contribution in [0.4, 0.5) is 0 Å². The third-order valence-electron chi connectivity index (χ3n) is 2.94. The van der Waals surface area contributed by atoms with Crippen molar-refractivity contribution >= 4 is 24.0 Å². The molecule has 0 saturated heterocycles. The first-order valence-electron chi connectivity index (χ1n) is 6.41. The number of aryl methyl sites for hydroxylation is 1. The molecule has 0 amide bonds. The Balaban J connectivity index is 2.30. The van der Waals surface area contributed by atoms with Gasteiger partial charge in [-0.15, -0.1) is 11.8 Å². The molecule has 0 aliphatic carbocycles. The number of ether oxygens (including phenoxy) is 1. The first-order chi connectivity index (χ1) is 10.2. The van der Waals surface area contributed by atoms with E-state index in [4.69, 9.17) is 4.74 Å². The Morgan fingerprint density at radius 3 is 2.86 bits per heavy atom. The van der Waals surface area contributed by atoms with Crippen molar-refractivity contribution in [3.63, 3.8) is 0 Å². The number of aldehydes is 1. The maximum Gasteiger partial charge on any atom is 0.358 e. The number of rotatable bonds is 6. The van der Waals surface area contributed by atoms with Gasteiger partial charge in [-0.05, 0) is 11.6 Å². The van der Waals surface area contributed by atoms with Gasteiger partial charge < -0.3 is 9.53 Å². The van der Waals surface area contributed by atoms with Crippen molar-refractivity contribution in [3.8, 4) is 0 Å². The molecule has 21 heavy (non-hydrogen) atoms. The Hall–Kier alpha value is -2.08. The zero-order chi connectivity index (χ0) is 15.2. The van der Waals surface area contributed by atoms with Crippen LogP contribution in [0.2, 0.25) is 0 Å². The summed E-state index contributed by atoms with van der Waals surface area (Å²) in [7, 11) is 3.11. The van der Waals surface area contributed by atoms with Crippen LogP contribution in [0.25, 0.3) is 0 Å². The molecule has 0 saturated carbocycles. The molecular weight excluding hydrogens is 288 g/mol. The molecule has 0 N–H and O–H groups in total. The summed E-state index contributed by atoms with van der Waals surface area (Å²) in [5.74, 6) is -0.0305. The zero-order valence-corrected chi connectivity index (χ0v) is 12.7. The summed E-state index contributed by atoms with van der Waals surface area (Å²) in [6.45, 7) is 0. The van der Waals surface area contributed by atoms with Crippen molar-refractivity contribution in [2.24, 2.45) is 7.05 Å². The van der Waals surface area contributed by atoms with Crippen molar-refractivity contribution in [1.82, 2.24) is 9.78 Å². The number of hydrogen-bond donors (Lipinski definition) is 0. The number of carbonyl (C=O) groups is 2. The second-order valence-electron chi connectivity index (χ2n) is 4.43. The van der Waals surface area contributed by atoms with Gasteiger partial charge in [0.25, 0.3) is 0 Å². The van der Waals surface area contributed by atoms with E-state index in [0.29, 0.717) is 17.9 Å². The molecule has 0 aliphatic rings. The minimum Gasteiger partial charge on any atom is -0.464 e. The lowest BCUT2D eigenvalue weighted by Crippen LogP contribution is -2.06. The van der Waals surface area contributed by atoms with Crippen LogP contribution in [0.1, 0.15) is 21.6 Å². The highest BCUT2D eigenvalue weighted by Gasteiger charge is 2.17. The topological polar surface area (TPSA) is 61.2 Å². The van der Waals surface area contributed by atoms with Gasteiger partial charge in [0.15, 0.2) is 5.69 Å². The zero-order valence-electron chi connectivity index (χ0n) is 11.9. The molecular formula is C15H16N2O3S. The number of nitrogens with zero attached hydrogens (tertiary/aromatic N) is 2. The van der Waals surface area contributed by atoms with E-state index in [0.717, 1.165) is 22.3 Å². The number of carbonyl (C=O) groups excluding carboxylic acids is 2. The van der Waals surface area contributed by atoms with Gasteiger partial charge in [0, 0.05) is 30.1 Å². The van der Waals surface area contributed by atoms with Gasteiger partial charge in [-0.1, -0.05) is 18.2 Å². The summed E-state index contributed by atoms with van der Waals surface area (Å²) in [6.07, 6.45) is 3.26. The fourth-order valence-electron chi connectivity index (χ4n) is 2.06. The van der Waals surface area contributed by atoms with Crippen LogP contribution in [0.5, 0.6) is 0 Å². The van der Waals surface area contributed by atoms with Gasteiger partial charge in [0.2, 0.25) is 0 Å². The summed E-state index contributed by atoms with van der Waals surface area (Å²) in [6, 6.07) is 7.83. The van der Waals surface area contributed by atoms with Crippen LogP contribution in [0, 0.1) is 0 Å². The quantitative estimate of drug-likeness (QED) is 0.464. The van der Waals surface area contributed by atoms with Crippen LogP contribution in [0.3, 0.4) is 0 Å². The summed E-state index contributed by atoms with van der Waals surface area (Å²) >= 11 is 1.48. The maximum atomic E-state index is 11.7. The first kappa shape index (κ1) is 15.3. The molecule has 0 fully saturated rings. The van der Waals surface area contributed by atoms with Crippen LogP contribution < -0.4 is 0 Å². The summed E-state index contributed by atoms with van der Waals surface area (Å²) in [4.78, 5) is 23.3. The SMILES string of the molecule is COC(=O)c1nn(C)cc1Cc1ccccc1SCC=O. The number of methoxy groups -OCH3 is 1. The van der Waals surface area contributed by atoms with E-state index < -0.39 is 5.97 Å². The third-order valence-corrected chi connectivity index (χ3v) is 3.96. The second-order valence-corrected chi connectivity index (χ2v) is 5.49. The lowest BCUT2D eigenvalue weighted by molar-refractivity contribution is -0.105. The smallest absolute Gasteiger partial charge is 0.358 e. The lowest BCUT2D eigenvalue weighted by atomic mass is 10.1. The van der Waals surface area contributed by atoms with Gasteiger partial charge in [-0.25, -0.2) is 4.79 Å². The van der Waals surface area contributed by atoms with E-state index in [1.54, 1.807) is 11.7 Å². The van der Waals surface area contributed by atoms with E-state index in [-0.39, 0.29) is 0 Å². The molecule has 1 heterocycles. The fourth-order valence-corrected chi connectivity index (χ4v) is 2.80. The molecule has 1 aromatic heterocycles. The highest BCUT2D eigenvalue weighted by molar-refractivity contribution is 8.00. The molecule has 0 spiro atoms. The molecule has 0 atom stereocenters. The van der Waals surface area contributed by atoms with Crippen molar-refractivity contribution in [3.05, 3.63) is 47.3 Å². The summed E-state index contributed by atoms with van der Waals surface area (Å²) in [5.41, 5.74) is 2.20. The molecule has 110 valence electrons. The maximum absolute atomic E-state index is 11.7. The van der Waals surface area contributed by atoms with Gasteiger partial charge in [0.1, 0.15) is 6.29 Å². The van der Waals surface area contributed by atoms with E-state index >= 15 is 0 Å². The highest BCUT2D eigenvalue weighted by Crippen LogP contribution is 2.25. The predicted octanol–water partition coefficient (Wildman–Crippen LogP) is 2.09. The Bertz CT molecular complexity index is 652. The van der Waals surface area contributed by atoms with Crippen molar-refractivity contribution < 1.29 is 14.3 Å². The molecule has 0 aliphatic heterocycles. The molecule has 0 radical (unpaired) electrons. The normalized spacial score (nSPS) is 10.4. The van der Waals surface area contributed by atoms with E-state index in [9.17, 15) is 9.59 Å². The third kappa shape index (κ3) is 3.72. The average Bonchev–Trinajstić information content (AvgIpc) is 2.86. The van der Waals surface area contributed by atoms with E-state index in [1.807, 2.05) is 30.5 Å². The van der Waals surface area contributed by atoms with Gasteiger partial charge in [0.05, 0.1) is 12.9 Å². The summed E-state index contributed by atoms with van der Waals surface area (Å²) < 4.78 is 6.36. The second kappa shape index (κ2) is 7.08. The lowest BCUT2D eigenvalue weighted by Gasteiger charge is -2.07. The largest absolute Gasteiger partial charge is 0.464 e. The standard InChI is InChI=1S/C15H16N2O3S/c1-17-10-12(14(16-17)15(19)20-2)9-11-5-3-4-6-13(11)21-8-7-18/h3-7,10H,8-9H2,1-2H3. The Morgan fingerprint density at radius 1 is 1.38 bits per heavy atom. The average molecular weight is 304 g/mol. The Morgan fingerprint density at radius 2 is 2.14 bits per heavy atom. The van der Waals surface area contributed by atoms with Gasteiger partial charge >= 0.3 is 5.97 Å². The summed E-state index contributed by atoms with van der Waals surface area (Å²) in [5, 5.41) is 4.15. The Labute approximate surface area is 127 Å². The fraction of sp³-hybridized carbons (Fsp3) is 0.267. The molecule has 2 rings (SSSR count). The molecule has 0 unspecified atom stereocenters. The van der Waals surface area contributed by atoms with Crippen molar-refractivity contribution in [1.29, 1.82) is 0 Å². The monoisotopic (exact) mass is 304 g/mol. The predicted molar refractivity (Wildman–Crippen MR) is 80.6 cm³/mol. The van der Waals surface area contributed by atoms with Gasteiger partial charge in [-0.2, -0.15) is 5.10 Å². The minimum atomic E-state index is -0.441. The van der Waals surface area contributed by atoms with Crippen molar-refractivity contribution in [2.75, 3.05) is 12.9 Å². The first-order valence-corrected chi connectivity index (χ1v) is 7.39. The molecule has 0 bridgehead atoms. The highest BCUT2D eigenvalue weighted by atomic mass is 32.2. The Kier molecular flexibility index (Phi) is 5.16.